The molecule has 0 fully saturated rings. The zero-order valence-electron chi connectivity index (χ0n) is 18.0. The van der Waals surface area contributed by atoms with Gasteiger partial charge < -0.3 is 15.5 Å². The maximum absolute atomic E-state index is 12.4. The van der Waals surface area contributed by atoms with Crippen molar-refractivity contribution in [2.45, 2.75) is 52.7 Å². The molecule has 0 bridgehead atoms. The van der Waals surface area contributed by atoms with Gasteiger partial charge in [-0.1, -0.05) is 44.2 Å². The molecule has 2 amide bonds. The first-order chi connectivity index (χ1) is 13.8. The van der Waals surface area contributed by atoms with E-state index in [0.29, 0.717) is 6.42 Å². The van der Waals surface area contributed by atoms with E-state index in [0.717, 1.165) is 28.9 Å². The Morgan fingerprint density at radius 2 is 1.76 bits per heavy atom. The van der Waals surface area contributed by atoms with Crippen molar-refractivity contribution < 1.29 is 9.59 Å². The summed E-state index contributed by atoms with van der Waals surface area (Å²) in [6, 6.07) is 14.6. The Morgan fingerprint density at radius 3 is 2.34 bits per heavy atom. The highest BCUT2D eigenvalue weighted by Gasteiger charge is 2.33. The van der Waals surface area contributed by atoms with E-state index >= 15 is 0 Å². The minimum Gasteiger partial charge on any atom is -0.349 e. The second-order valence-electron chi connectivity index (χ2n) is 8.19. The number of hydrogen-bond donors (Lipinski definition) is 2. The molecule has 3 rings (SSSR count). The van der Waals surface area contributed by atoms with Crippen molar-refractivity contribution in [1.29, 1.82) is 0 Å². The van der Waals surface area contributed by atoms with Gasteiger partial charge in [0.15, 0.2) is 0 Å². The van der Waals surface area contributed by atoms with E-state index in [1.54, 1.807) is 6.92 Å². The van der Waals surface area contributed by atoms with Crippen molar-refractivity contribution in [3.63, 3.8) is 0 Å². The van der Waals surface area contributed by atoms with Gasteiger partial charge in [0.1, 0.15) is 0 Å². The molecule has 154 valence electrons. The highest BCUT2D eigenvalue weighted by atomic mass is 16.2. The molecule has 2 aromatic carbocycles. The molecule has 1 aliphatic rings. The topological polar surface area (TPSA) is 61.4 Å². The van der Waals surface area contributed by atoms with E-state index in [-0.39, 0.29) is 29.8 Å². The predicted octanol–water partition coefficient (Wildman–Crippen LogP) is 4.03. The number of carbonyl (C=O) groups is 2. The van der Waals surface area contributed by atoms with E-state index in [1.165, 1.54) is 5.56 Å². The van der Waals surface area contributed by atoms with Gasteiger partial charge in [-0.3, -0.25) is 9.59 Å². The Kier molecular flexibility index (Phi) is 6.38. The molecule has 1 aliphatic heterocycles. The maximum atomic E-state index is 12.4. The Hall–Kier alpha value is -2.66. The Labute approximate surface area is 173 Å². The fourth-order valence-electron chi connectivity index (χ4n) is 4.02. The summed E-state index contributed by atoms with van der Waals surface area (Å²) in [7, 11) is 1.94. The first kappa shape index (κ1) is 21.1. The molecule has 5 heteroatoms. The molecule has 2 atom stereocenters. The first-order valence-corrected chi connectivity index (χ1v) is 10.3. The highest BCUT2D eigenvalue weighted by Crippen LogP contribution is 2.39. The summed E-state index contributed by atoms with van der Waals surface area (Å²) in [5.41, 5.74) is 5.33. The molecule has 0 aliphatic carbocycles. The van der Waals surface area contributed by atoms with Gasteiger partial charge in [0.05, 0.1) is 6.04 Å². The number of benzene rings is 2. The fourth-order valence-corrected chi connectivity index (χ4v) is 4.02. The summed E-state index contributed by atoms with van der Waals surface area (Å²) in [5.74, 6) is -0.0229. The summed E-state index contributed by atoms with van der Waals surface area (Å²) >= 11 is 0. The number of anilines is 1. The van der Waals surface area contributed by atoms with Crippen LogP contribution in [0.5, 0.6) is 0 Å². The molecule has 2 aromatic rings. The van der Waals surface area contributed by atoms with Gasteiger partial charge in [-0.2, -0.15) is 0 Å². The van der Waals surface area contributed by atoms with E-state index < -0.39 is 0 Å². The Bertz CT molecular complexity index is 889. The predicted molar refractivity (Wildman–Crippen MR) is 118 cm³/mol. The molecular weight excluding hydrogens is 362 g/mol. The van der Waals surface area contributed by atoms with Gasteiger partial charge in [0.25, 0.3) is 0 Å². The van der Waals surface area contributed by atoms with Crippen molar-refractivity contribution in [2.75, 3.05) is 11.9 Å². The largest absolute Gasteiger partial charge is 0.349 e. The highest BCUT2D eigenvalue weighted by molar-refractivity contribution is 5.94. The maximum Gasteiger partial charge on any atom is 0.224 e. The molecule has 0 aromatic heterocycles. The van der Waals surface area contributed by atoms with Gasteiger partial charge >= 0.3 is 0 Å². The molecule has 0 radical (unpaired) electrons. The van der Waals surface area contributed by atoms with Crippen molar-refractivity contribution in [1.82, 2.24) is 10.6 Å². The molecule has 1 heterocycles. The second kappa shape index (κ2) is 8.78. The zero-order chi connectivity index (χ0) is 21.1. The fraction of sp³-hybridized carbons (Fsp3) is 0.417. The molecule has 0 unspecified atom stereocenters. The van der Waals surface area contributed by atoms with Crippen LogP contribution >= 0.6 is 0 Å². The smallest absolute Gasteiger partial charge is 0.224 e. The minimum atomic E-state index is -0.103. The van der Waals surface area contributed by atoms with Crippen LogP contribution in [0.4, 0.5) is 5.69 Å². The number of carbonyl (C=O) groups excluding carboxylic acids is 2. The number of rotatable bonds is 5. The van der Waals surface area contributed by atoms with E-state index in [9.17, 15) is 9.59 Å². The zero-order valence-corrected chi connectivity index (χ0v) is 18.0. The van der Waals surface area contributed by atoms with Crippen molar-refractivity contribution >= 4 is 17.5 Å². The normalized spacial score (nSPS) is 18.5. The standard InChI is InChI=1S/C24H31N3O2/c1-15(2)24(29)26-22-12-16(3)27(17(4)28)23-11-10-20(13-21(22)23)19-8-6-18(7-9-19)14-25-5/h6-11,13,15-16,22,25H,12,14H2,1-5H3,(H,26,29)/t16-,22+/m0/s1. The summed E-state index contributed by atoms with van der Waals surface area (Å²) in [6.45, 7) is 8.26. The average Bonchev–Trinajstić information content (AvgIpc) is 2.68. The Morgan fingerprint density at radius 1 is 1.10 bits per heavy atom. The van der Waals surface area contributed by atoms with Gasteiger partial charge in [0.2, 0.25) is 11.8 Å². The van der Waals surface area contributed by atoms with Crippen LogP contribution in [0.25, 0.3) is 11.1 Å². The Balaban J connectivity index is 2.01. The van der Waals surface area contributed by atoms with Crippen LogP contribution in [-0.4, -0.2) is 24.9 Å². The minimum absolute atomic E-state index is 0.0246. The summed E-state index contributed by atoms with van der Waals surface area (Å²) in [5, 5.41) is 6.34. The number of nitrogens with one attached hydrogen (secondary N) is 2. The summed E-state index contributed by atoms with van der Waals surface area (Å²) < 4.78 is 0. The quantitative estimate of drug-likeness (QED) is 0.806. The monoisotopic (exact) mass is 393 g/mol. The number of nitrogens with zero attached hydrogens (tertiary/aromatic N) is 1. The lowest BCUT2D eigenvalue weighted by molar-refractivity contribution is -0.124. The number of hydrogen-bond acceptors (Lipinski definition) is 3. The van der Waals surface area contributed by atoms with Crippen LogP contribution in [0, 0.1) is 5.92 Å². The third kappa shape index (κ3) is 4.51. The lowest BCUT2D eigenvalue weighted by Crippen LogP contribution is -2.46. The third-order valence-electron chi connectivity index (χ3n) is 5.53. The van der Waals surface area contributed by atoms with Crippen LogP contribution < -0.4 is 15.5 Å². The lowest BCUT2D eigenvalue weighted by atomic mass is 9.88. The SMILES string of the molecule is CNCc1ccc(-c2ccc3c(c2)[C@H](NC(=O)C(C)C)C[C@H](C)N3C(C)=O)cc1. The first-order valence-electron chi connectivity index (χ1n) is 10.3. The molecule has 0 saturated heterocycles. The van der Waals surface area contributed by atoms with Crippen LogP contribution in [0.1, 0.15) is 51.3 Å². The van der Waals surface area contributed by atoms with Gasteiger partial charge in [-0.25, -0.2) is 0 Å². The van der Waals surface area contributed by atoms with Crippen molar-refractivity contribution in [3.8, 4) is 11.1 Å². The number of fused-ring (bicyclic) bond motifs is 1. The molecule has 29 heavy (non-hydrogen) atoms. The third-order valence-corrected chi connectivity index (χ3v) is 5.53. The van der Waals surface area contributed by atoms with Gasteiger partial charge in [-0.15, -0.1) is 0 Å². The average molecular weight is 394 g/mol. The van der Waals surface area contributed by atoms with Crippen molar-refractivity contribution in [3.05, 3.63) is 53.6 Å². The molecule has 0 spiro atoms. The van der Waals surface area contributed by atoms with Crippen LogP contribution in [0.3, 0.4) is 0 Å². The molecule has 2 N–H and O–H groups in total. The van der Waals surface area contributed by atoms with Gasteiger partial charge in [-0.05, 0) is 54.8 Å². The van der Waals surface area contributed by atoms with E-state index in [2.05, 4.69) is 47.0 Å². The van der Waals surface area contributed by atoms with E-state index in [4.69, 9.17) is 0 Å². The van der Waals surface area contributed by atoms with Gasteiger partial charge in [0, 0.05) is 31.1 Å². The van der Waals surface area contributed by atoms with Crippen LogP contribution in [0.15, 0.2) is 42.5 Å². The second-order valence-corrected chi connectivity index (χ2v) is 8.19. The summed E-state index contributed by atoms with van der Waals surface area (Å²) in [4.78, 5) is 26.5. The molecule has 5 nitrogen and oxygen atoms in total. The van der Waals surface area contributed by atoms with Crippen LogP contribution in [-0.2, 0) is 16.1 Å². The summed E-state index contributed by atoms with van der Waals surface area (Å²) in [6.07, 6.45) is 0.704. The molecule has 0 saturated carbocycles. The van der Waals surface area contributed by atoms with E-state index in [1.807, 2.05) is 38.8 Å². The number of amides is 2. The lowest BCUT2D eigenvalue weighted by Gasteiger charge is -2.39. The van der Waals surface area contributed by atoms with Crippen molar-refractivity contribution in [2.24, 2.45) is 5.92 Å². The molecular formula is C24H31N3O2. The van der Waals surface area contributed by atoms with Crippen LogP contribution in [0.2, 0.25) is 0 Å².